The summed E-state index contributed by atoms with van der Waals surface area (Å²) in [6.45, 7) is 7.58. The minimum atomic E-state index is -2.02. The number of fused-ring (bicyclic) bond motifs is 1. The Morgan fingerprint density at radius 1 is 1.05 bits per heavy atom. The molecule has 4 heterocycles. The molecule has 0 bridgehead atoms. The van der Waals surface area contributed by atoms with Crippen LogP contribution in [0.1, 0.15) is 40.5 Å². The van der Waals surface area contributed by atoms with Crippen LogP contribution >= 0.6 is 12.2 Å². The van der Waals surface area contributed by atoms with Gasteiger partial charge in [0.15, 0.2) is 5.60 Å². The quantitative estimate of drug-likeness (QED) is 0.334. The molecule has 0 aromatic heterocycles. The normalized spacial score (nSPS) is 47.6. The molecule has 2 aliphatic carbocycles. The van der Waals surface area contributed by atoms with E-state index in [1.54, 1.807) is 24.3 Å². The lowest BCUT2D eigenvalue weighted by atomic mass is 9.51. The van der Waals surface area contributed by atoms with Crippen LogP contribution in [0.25, 0.3) is 0 Å². The molecule has 1 aromatic rings. The molecule has 6 fully saturated rings. The van der Waals surface area contributed by atoms with Crippen molar-refractivity contribution in [2.45, 2.75) is 76.3 Å². The first-order valence-corrected chi connectivity index (χ1v) is 13.2. The first-order chi connectivity index (χ1) is 17.9. The molecular weight excluding hydrogens is 516 g/mol. The number of hydrogen-bond acceptors (Lipinski definition) is 11. The maximum absolute atomic E-state index is 13.8. The van der Waals surface area contributed by atoms with Crippen LogP contribution in [0.15, 0.2) is 30.3 Å². The molecular formula is C27H28O10S. The lowest BCUT2D eigenvalue weighted by Gasteiger charge is -2.47. The van der Waals surface area contributed by atoms with Crippen LogP contribution in [0.2, 0.25) is 0 Å². The number of esters is 3. The molecule has 2 saturated carbocycles. The molecule has 6 aliphatic rings. The fourth-order valence-electron chi connectivity index (χ4n) is 8.88. The summed E-state index contributed by atoms with van der Waals surface area (Å²) >= 11 is 5.41. The molecule has 0 amide bonds. The van der Waals surface area contributed by atoms with E-state index in [0.717, 1.165) is 0 Å². The molecule has 0 radical (unpaired) electrons. The van der Waals surface area contributed by atoms with Crippen molar-refractivity contribution < 1.29 is 47.9 Å². The van der Waals surface area contributed by atoms with Gasteiger partial charge < -0.3 is 33.5 Å². The van der Waals surface area contributed by atoms with Crippen LogP contribution < -0.4 is 4.74 Å². The zero-order valence-corrected chi connectivity index (χ0v) is 22.1. The van der Waals surface area contributed by atoms with Gasteiger partial charge in [0.1, 0.15) is 18.0 Å². The van der Waals surface area contributed by atoms with Crippen molar-refractivity contribution in [1.82, 2.24) is 0 Å². The van der Waals surface area contributed by atoms with E-state index in [9.17, 15) is 19.5 Å². The highest BCUT2D eigenvalue weighted by atomic mass is 32.1. The first-order valence-electron chi connectivity index (χ1n) is 12.8. The van der Waals surface area contributed by atoms with Gasteiger partial charge in [0.05, 0.1) is 16.7 Å². The average molecular weight is 545 g/mol. The molecule has 2 spiro atoms. The van der Waals surface area contributed by atoms with E-state index in [4.69, 9.17) is 40.6 Å². The molecule has 4 saturated heterocycles. The summed E-state index contributed by atoms with van der Waals surface area (Å²) in [4.78, 5) is 39.9. The fraction of sp³-hybridized carbons (Fsp3) is 0.630. The Morgan fingerprint density at radius 3 is 2.45 bits per heavy atom. The van der Waals surface area contributed by atoms with Gasteiger partial charge in [0.2, 0.25) is 18.0 Å². The number of ether oxygens (including phenoxy) is 6. The van der Waals surface area contributed by atoms with Crippen LogP contribution in [-0.2, 0) is 38.1 Å². The number of carbonyl (C=O) groups is 3. The summed E-state index contributed by atoms with van der Waals surface area (Å²) in [6, 6.07) is 8.76. The number of aliphatic hydroxyl groups is 1. The predicted molar refractivity (Wildman–Crippen MR) is 129 cm³/mol. The number of carbonyl (C=O) groups excluding carboxylic acids is 3. The zero-order valence-electron chi connectivity index (χ0n) is 21.3. The molecule has 10 atom stereocenters. The Bertz CT molecular complexity index is 1290. The summed E-state index contributed by atoms with van der Waals surface area (Å²) in [5.74, 6) is -3.09. The number of thiocarbonyl (C=S) groups is 1. The Labute approximate surface area is 223 Å². The van der Waals surface area contributed by atoms with Crippen molar-refractivity contribution in [3.8, 4) is 5.75 Å². The van der Waals surface area contributed by atoms with Crippen LogP contribution in [0.4, 0.5) is 0 Å². The minimum absolute atomic E-state index is 0.0435. The maximum Gasteiger partial charge on any atom is 0.358 e. The lowest BCUT2D eigenvalue weighted by molar-refractivity contribution is -0.238. The van der Waals surface area contributed by atoms with E-state index >= 15 is 0 Å². The molecule has 11 heteroatoms. The second kappa shape index (κ2) is 7.05. The van der Waals surface area contributed by atoms with E-state index < -0.39 is 75.9 Å². The summed E-state index contributed by atoms with van der Waals surface area (Å²) in [5.41, 5.74) is -7.03. The standard InChI is InChI=1S/C27H28O10S/c1-12-18(28)33-16-11-24-15-10-14(23(2,3)4)25(24)17(35-22(38)32-13-8-6-5-7-9-13)19(29)36-21(25)37-27(24,20(30)34-15)26(12,16)31/h5-9,12,14-17,21,31H,10-11H2,1-4H3/t12-,14?,15?,16?,17+,21+,24?,25?,26-,27?/m1/s1. The van der Waals surface area contributed by atoms with Crippen LogP contribution in [-0.4, -0.2) is 64.1 Å². The van der Waals surface area contributed by atoms with Gasteiger partial charge in [0.25, 0.3) is 0 Å². The third-order valence-electron chi connectivity index (χ3n) is 10.1. The molecule has 4 aliphatic heterocycles. The van der Waals surface area contributed by atoms with Crippen molar-refractivity contribution in [3.05, 3.63) is 30.3 Å². The van der Waals surface area contributed by atoms with Crippen molar-refractivity contribution >= 4 is 35.4 Å². The Morgan fingerprint density at radius 2 is 1.76 bits per heavy atom. The predicted octanol–water partition coefficient (Wildman–Crippen LogP) is 2.05. The number of rotatable bonds is 2. The van der Waals surface area contributed by atoms with E-state index in [1.807, 2.05) is 26.8 Å². The van der Waals surface area contributed by atoms with E-state index in [2.05, 4.69) is 0 Å². The SMILES string of the molecule is C[C@@H]1C(=O)OC2CC34C5CC(C(C)(C)C)C36[C@@H](OC(=O)[C@@H]6OC(=S)Oc3ccccc3)OC4(C(=O)O5)[C@]21O. The van der Waals surface area contributed by atoms with Gasteiger partial charge in [-0.25, -0.2) is 9.59 Å². The summed E-state index contributed by atoms with van der Waals surface area (Å²) < 4.78 is 35.7. The number of hydrogen-bond donors (Lipinski definition) is 1. The van der Waals surface area contributed by atoms with E-state index in [0.29, 0.717) is 12.2 Å². The maximum atomic E-state index is 13.8. The smallest absolute Gasteiger partial charge is 0.358 e. The molecule has 1 N–H and O–H groups in total. The fourth-order valence-corrected chi connectivity index (χ4v) is 9.08. The second-order valence-corrected chi connectivity index (χ2v) is 12.7. The number of para-hydroxylation sites is 1. The molecule has 10 nitrogen and oxygen atoms in total. The third-order valence-corrected chi connectivity index (χ3v) is 10.3. The molecule has 7 rings (SSSR count). The lowest BCUT2D eigenvalue weighted by Crippen LogP contribution is -2.66. The summed E-state index contributed by atoms with van der Waals surface area (Å²) in [5, 5.41) is 11.9. The largest absolute Gasteiger partial charge is 0.459 e. The second-order valence-electron chi connectivity index (χ2n) is 12.4. The Kier molecular flexibility index (Phi) is 4.51. The van der Waals surface area contributed by atoms with Crippen LogP contribution in [0.5, 0.6) is 5.75 Å². The van der Waals surface area contributed by atoms with Gasteiger partial charge in [-0.05, 0) is 36.8 Å². The van der Waals surface area contributed by atoms with Crippen molar-refractivity contribution in [3.63, 3.8) is 0 Å². The highest BCUT2D eigenvalue weighted by molar-refractivity contribution is 7.79. The highest BCUT2D eigenvalue weighted by Gasteiger charge is 3.01. The van der Waals surface area contributed by atoms with Crippen molar-refractivity contribution in [1.29, 1.82) is 0 Å². The van der Waals surface area contributed by atoms with Gasteiger partial charge in [-0.3, -0.25) is 4.79 Å². The Hall–Kier alpha value is -2.76. The monoisotopic (exact) mass is 544 g/mol. The summed E-state index contributed by atoms with van der Waals surface area (Å²) in [6.07, 6.45) is -3.89. The minimum Gasteiger partial charge on any atom is -0.459 e. The topological polar surface area (TPSA) is 127 Å². The molecule has 202 valence electrons. The van der Waals surface area contributed by atoms with Gasteiger partial charge in [0, 0.05) is 18.6 Å². The van der Waals surface area contributed by atoms with Crippen molar-refractivity contribution in [2.24, 2.45) is 28.1 Å². The molecule has 6 unspecified atom stereocenters. The number of benzene rings is 1. The highest BCUT2D eigenvalue weighted by Crippen LogP contribution is 2.84. The van der Waals surface area contributed by atoms with Gasteiger partial charge in [-0.1, -0.05) is 39.0 Å². The first kappa shape index (κ1) is 24.3. The molecule has 38 heavy (non-hydrogen) atoms. The van der Waals surface area contributed by atoms with E-state index in [-0.39, 0.29) is 17.6 Å². The van der Waals surface area contributed by atoms with Crippen molar-refractivity contribution in [2.75, 3.05) is 0 Å². The zero-order chi connectivity index (χ0) is 27.0. The third kappa shape index (κ3) is 2.31. The van der Waals surface area contributed by atoms with Crippen LogP contribution in [0, 0.1) is 28.1 Å². The molecule has 1 aromatic carbocycles. The Balaban J connectivity index is 1.41. The van der Waals surface area contributed by atoms with E-state index in [1.165, 1.54) is 6.92 Å². The van der Waals surface area contributed by atoms with Gasteiger partial charge >= 0.3 is 23.1 Å². The summed E-state index contributed by atoms with van der Waals surface area (Å²) in [7, 11) is 0. The van der Waals surface area contributed by atoms with Gasteiger partial charge in [-0.15, -0.1) is 0 Å². The average Bonchev–Trinajstić information content (AvgIpc) is 3.55. The van der Waals surface area contributed by atoms with Gasteiger partial charge in [-0.2, -0.15) is 0 Å². The van der Waals surface area contributed by atoms with Crippen LogP contribution in [0.3, 0.4) is 0 Å².